The molecule has 112 valence electrons. The Bertz CT molecular complexity index is 595. The normalized spacial score (nSPS) is 12.2. The van der Waals surface area contributed by atoms with E-state index in [1.54, 1.807) is 12.1 Å². The monoisotopic (exact) mass is 287 g/mol. The van der Waals surface area contributed by atoms with Crippen molar-refractivity contribution in [2.75, 3.05) is 11.9 Å². The predicted molar refractivity (Wildman–Crippen MR) is 85.4 cm³/mol. The maximum atomic E-state index is 13.0. The zero-order valence-electron chi connectivity index (χ0n) is 12.8. The minimum atomic E-state index is -0.235. The van der Waals surface area contributed by atoms with E-state index in [-0.39, 0.29) is 11.9 Å². The highest BCUT2D eigenvalue weighted by Crippen LogP contribution is 2.25. The molecule has 1 aromatic carbocycles. The van der Waals surface area contributed by atoms with Crippen LogP contribution in [0.3, 0.4) is 0 Å². The molecule has 1 aromatic heterocycles. The van der Waals surface area contributed by atoms with E-state index in [9.17, 15) is 4.39 Å². The highest BCUT2D eigenvalue weighted by molar-refractivity contribution is 5.62. The number of anilines is 2. The molecule has 2 aromatic rings. The van der Waals surface area contributed by atoms with Gasteiger partial charge in [-0.3, -0.25) is 0 Å². The molecule has 0 bridgehead atoms. The summed E-state index contributed by atoms with van der Waals surface area (Å²) in [5.74, 6) is 0.635. The van der Waals surface area contributed by atoms with Crippen LogP contribution >= 0.6 is 0 Å². The summed E-state index contributed by atoms with van der Waals surface area (Å²) in [6.45, 7) is 4.12. The van der Waals surface area contributed by atoms with Crippen LogP contribution in [0.25, 0.3) is 0 Å². The first-order chi connectivity index (χ1) is 10.0. The fourth-order valence-electron chi connectivity index (χ4n) is 2.32. The second-order valence-electron chi connectivity index (χ2n) is 5.39. The minimum absolute atomic E-state index is 0.173. The van der Waals surface area contributed by atoms with Crippen molar-refractivity contribution < 1.29 is 4.39 Å². The van der Waals surface area contributed by atoms with E-state index in [1.165, 1.54) is 12.1 Å². The van der Waals surface area contributed by atoms with Crippen molar-refractivity contribution in [3.05, 3.63) is 53.5 Å². The molecule has 3 nitrogen and oxygen atoms in total. The lowest BCUT2D eigenvalue weighted by atomic mass is 10.0. The van der Waals surface area contributed by atoms with Crippen LogP contribution in [-0.2, 0) is 6.42 Å². The second-order valence-corrected chi connectivity index (χ2v) is 5.39. The SMILES string of the molecule is CCC(N)Cc1cnc(N(C)c2ccc(F)cc2)c(C)c1. The lowest BCUT2D eigenvalue weighted by molar-refractivity contribution is 0.628. The van der Waals surface area contributed by atoms with Gasteiger partial charge in [0.05, 0.1) is 0 Å². The molecule has 1 heterocycles. The quantitative estimate of drug-likeness (QED) is 0.914. The first-order valence-corrected chi connectivity index (χ1v) is 7.21. The van der Waals surface area contributed by atoms with Gasteiger partial charge in [0.25, 0.3) is 0 Å². The first kappa shape index (κ1) is 15.4. The molecule has 4 heteroatoms. The van der Waals surface area contributed by atoms with E-state index in [1.807, 2.05) is 25.1 Å². The zero-order valence-corrected chi connectivity index (χ0v) is 12.8. The number of benzene rings is 1. The molecule has 0 fully saturated rings. The number of nitrogens with zero attached hydrogens (tertiary/aromatic N) is 2. The lowest BCUT2D eigenvalue weighted by Crippen LogP contribution is -2.21. The Morgan fingerprint density at radius 1 is 1.29 bits per heavy atom. The van der Waals surface area contributed by atoms with E-state index in [2.05, 4.69) is 18.0 Å². The van der Waals surface area contributed by atoms with E-state index in [4.69, 9.17) is 5.73 Å². The van der Waals surface area contributed by atoms with Crippen molar-refractivity contribution in [2.24, 2.45) is 5.73 Å². The molecule has 0 aliphatic carbocycles. The van der Waals surface area contributed by atoms with Gasteiger partial charge in [-0.15, -0.1) is 0 Å². The van der Waals surface area contributed by atoms with Crippen LogP contribution in [0, 0.1) is 12.7 Å². The van der Waals surface area contributed by atoms with Crippen LogP contribution in [0.5, 0.6) is 0 Å². The summed E-state index contributed by atoms with van der Waals surface area (Å²) in [6, 6.07) is 8.70. The summed E-state index contributed by atoms with van der Waals surface area (Å²) >= 11 is 0. The number of hydrogen-bond acceptors (Lipinski definition) is 3. The van der Waals surface area contributed by atoms with Gasteiger partial charge in [0, 0.05) is 25.0 Å². The lowest BCUT2D eigenvalue weighted by Gasteiger charge is -2.21. The molecule has 0 aliphatic rings. The second kappa shape index (κ2) is 6.68. The van der Waals surface area contributed by atoms with Crippen molar-refractivity contribution in [3.63, 3.8) is 0 Å². The van der Waals surface area contributed by atoms with Gasteiger partial charge in [0.15, 0.2) is 0 Å². The minimum Gasteiger partial charge on any atom is -0.329 e. The van der Waals surface area contributed by atoms with Gasteiger partial charge in [0.1, 0.15) is 11.6 Å². The Hall–Kier alpha value is -1.94. The third-order valence-corrected chi connectivity index (χ3v) is 3.66. The van der Waals surface area contributed by atoms with Gasteiger partial charge in [-0.05, 0) is 55.2 Å². The fourth-order valence-corrected chi connectivity index (χ4v) is 2.32. The van der Waals surface area contributed by atoms with Crippen LogP contribution in [0.2, 0.25) is 0 Å². The smallest absolute Gasteiger partial charge is 0.135 e. The van der Waals surface area contributed by atoms with Crippen molar-refractivity contribution in [2.45, 2.75) is 32.7 Å². The van der Waals surface area contributed by atoms with E-state index < -0.39 is 0 Å². The van der Waals surface area contributed by atoms with Gasteiger partial charge in [-0.1, -0.05) is 13.0 Å². The summed E-state index contributed by atoms with van der Waals surface area (Å²) in [6.07, 6.45) is 3.67. The van der Waals surface area contributed by atoms with Crippen molar-refractivity contribution in [3.8, 4) is 0 Å². The molecule has 0 saturated carbocycles. The van der Waals surface area contributed by atoms with Crippen molar-refractivity contribution >= 4 is 11.5 Å². The van der Waals surface area contributed by atoms with E-state index in [0.29, 0.717) is 0 Å². The number of hydrogen-bond donors (Lipinski definition) is 1. The summed E-state index contributed by atoms with van der Waals surface area (Å²) in [5.41, 5.74) is 9.13. The van der Waals surface area contributed by atoms with E-state index >= 15 is 0 Å². The maximum Gasteiger partial charge on any atom is 0.135 e. The Labute approximate surface area is 125 Å². The molecule has 1 atom stereocenters. The Kier molecular flexibility index (Phi) is 4.91. The van der Waals surface area contributed by atoms with Gasteiger partial charge in [-0.2, -0.15) is 0 Å². The van der Waals surface area contributed by atoms with Crippen LogP contribution < -0.4 is 10.6 Å². The summed E-state index contributed by atoms with van der Waals surface area (Å²) in [7, 11) is 1.93. The third-order valence-electron chi connectivity index (χ3n) is 3.66. The summed E-state index contributed by atoms with van der Waals surface area (Å²) in [4.78, 5) is 6.50. The zero-order chi connectivity index (χ0) is 15.4. The molecule has 1 unspecified atom stereocenters. The number of rotatable bonds is 5. The van der Waals surface area contributed by atoms with Crippen LogP contribution in [0.1, 0.15) is 24.5 Å². The van der Waals surface area contributed by atoms with Crippen molar-refractivity contribution in [1.29, 1.82) is 0 Å². The standard InChI is InChI=1S/C17H22FN3/c1-4-15(19)10-13-9-12(2)17(20-11-13)21(3)16-7-5-14(18)6-8-16/h5-9,11,15H,4,10,19H2,1-3H3. The average Bonchev–Trinajstić information content (AvgIpc) is 2.47. The molecule has 0 saturated heterocycles. The van der Waals surface area contributed by atoms with Crippen LogP contribution in [-0.4, -0.2) is 18.1 Å². The van der Waals surface area contributed by atoms with Crippen LogP contribution in [0.4, 0.5) is 15.9 Å². The van der Waals surface area contributed by atoms with E-state index in [0.717, 1.165) is 35.5 Å². The van der Waals surface area contributed by atoms with Gasteiger partial charge in [-0.25, -0.2) is 9.37 Å². The molecule has 2 N–H and O–H groups in total. The number of nitrogens with two attached hydrogens (primary N) is 1. The Morgan fingerprint density at radius 2 is 1.95 bits per heavy atom. The molecule has 0 amide bonds. The average molecular weight is 287 g/mol. The Morgan fingerprint density at radius 3 is 2.52 bits per heavy atom. The largest absolute Gasteiger partial charge is 0.329 e. The first-order valence-electron chi connectivity index (χ1n) is 7.21. The molecule has 0 spiro atoms. The number of aryl methyl sites for hydroxylation is 1. The molecular formula is C17H22FN3. The van der Waals surface area contributed by atoms with Gasteiger partial charge in [0.2, 0.25) is 0 Å². The van der Waals surface area contributed by atoms with Crippen LogP contribution in [0.15, 0.2) is 36.5 Å². The highest BCUT2D eigenvalue weighted by Gasteiger charge is 2.10. The number of pyridine rings is 1. The molecule has 2 rings (SSSR count). The van der Waals surface area contributed by atoms with Gasteiger partial charge >= 0.3 is 0 Å². The molecule has 0 aliphatic heterocycles. The fraction of sp³-hybridized carbons (Fsp3) is 0.353. The topological polar surface area (TPSA) is 42.1 Å². The predicted octanol–water partition coefficient (Wildman–Crippen LogP) is 3.58. The molecule has 21 heavy (non-hydrogen) atoms. The summed E-state index contributed by atoms with van der Waals surface area (Å²) in [5, 5.41) is 0. The van der Waals surface area contributed by atoms with Gasteiger partial charge < -0.3 is 10.6 Å². The van der Waals surface area contributed by atoms with Crippen molar-refractivity contribution in [1.82, 2.24) is 4.98 Å². The third kappa shape index (κ3) is 3.79. The Balaban J connectivity index is 2.22. The molecule has 0 radical (unpaired) electrons. The number of aromatic nitrogens is 1. The maximum absolute atomic E-state index is 13.0. The summed E-state index contributed by atoms with van der Waals surface area (Å²) < 4.78 is 13.0. The highest BCUT2D eigenvalue weighted by atomic mass is 19.1. The molecular weight excluding hydrogens is 265 g/mol. The number of halogens is 1.